The molecule has 128 valence electrons. The standard InChI is InChI=1S/C17H21BF2N2O2/c1-10-8-12(3)21-16(10)14(6-7-15(23)24-5)17-11(2)9-13(4)22(17)18(21,19)20/h8-9H,6-7H2,1-5H3. The topological polar surface area (TPSA) is 34.2 Å². The molecule has 4 nitrogen and oxygen atoms in total. The van der Waals surface area contributed by atoms with Crippen LogP contribution in [0.4, 0.5) is 8.63 Å². The van der Waals surface area contributed by atoms with Gasteiger partial charge in [-0.3, -0.25) is 4.79 Å². The summed E-state index contributed by atoms with van der Waals surface area (Å²) in [5.41, 5.74) is 4.52. The van der Waals surface area contributed by atoms with Crippen molar-refractivity contribution in [1.82, 2.24) is 4.48 Å². The van der Waals surface area contributed by atoms with E-state index in [2.05, 4.69) is 0 Å². The van der Waals surface area contributed by atoms with Crippen LogP contribution in [0.3, 0.4) is 0 Å². The van der Waals surface area contributed by atoms with E-state index in [1.807, 2.05) is 13.8 Å². The normalized spacial score (nSPS) is 18.5. The van der Waals surface area contributed by atoms with Crippen LogP contribution < -0.4 is 0 Å². The lowest BCUT2D eigenvalue weighted by molar-refractivity contribution is -0.363. The smallest absolute Gasteiger partial charge is 0.469 e. The number of ether oxygens (including phenoxy) is 1. The number of methoxy groups -OCH3 is 1. The van der Waals surface area contributed by atoms with Crippen molar-refractivity contribution in [2.75, 3.05) is 7.11 Å². The summed E-state index contributed by atoms with van der Waals surface area (Å²) in [6, 6.07) is 1.78. The van der Waals surface area contributed by atoms with Gasteiger partial charge in [0.15, 0.2) is 5.70 Å². The molecular formula is C17H21BF2N2O2. The van der Waals surface area contributed by atoms with Crippen LogP contribution in [-0.4, -0.2) is 34.7 Å². The Morgan fingerprint density at radius 1 is 1.29 bits per heavy atom. The first-order valence-electron chi connectivity index (χ1n) is 8.03. The highest BCUT2D eigenvalue weighted by Crippen LogP contribution is 2.42. The molecule has 0 saturated heterocycles. The SMILES string of the molecule is COC(=O)CCC1=C2C(C)=CC(C)=[N+]2[B-](F)(F)n2c(C)cc(C)c21. The maximum atomic E-state index is 15.3. The Bertz CT molecular complexity index is 847. The first-order valence-corrected chi connectivity index (χ1v) is 8.03. The monoisotopic (exact) mass is 334 g/mol. The predicted octanol–water partition coefficient (Wildman–Crippen LogP) is 3.44. The number of aryl methyl sites for hydroxylation is 2. The zero-order valence-corrected chi connectivity index (χ0v) is 14.6. The Labute approximate surface area is 140 Å². The number of aromatic nitrogens is 1. The number of nitrogens with zero attached hydrogens (tertiary/aromatic N) is 2. The molecule has 3 heterocycles. The van der Waals surface area contributed by atoms with E-state index in [4.69, 9.17) is 4.74 Å². The van der Waals surface area contributed by atoms with Crippen LogP contribution in [0.25, 0.3) is 5.57 Å². The quantitative estimate of drug-likeness (QED) is 0.627. The van der Waals surface area contributed by atoms with E-state index in [1.54, 1.807) is 26.0 Å². The Morgan fingerprint density at radius 2 is 1.96 bits per heavy atom. The fourth-order valence-electron chi connectivity index (χ4n) is 4.00. The largest absolute Gasteiger partial charge is 0.737 e. The molecule has 0 N–H and O–H groups in total. The van der Waals surface area contributed by atoms with Crippen LogP contribution in [0.5, 0.6) is 0 Å². The van der Waals surface area contributed by atoms with Crippen LogP contribution in [0.1, 0.15) is 43.6 Å². The van der Waals surface area contributed by atoms with Gasteiger partial charge in [-0.25, -0.2) is 0 Å². The first-order chi connectivity index (χ1) is 11.2. The molecule has 0 aliphatic carbocycles. The fourth-order valence-corrected chi connectivity index (χ4v) is 4.00. The number of carbonyl (C=O) groups excluding carboxylic acids is 1. The van der Waals surface area contributed by atoms with Crippen molar-refractivity contribution in [2.45, 2.75) is 40.5 Å². The summed E-state index contributed by atoms with van der Waals surface area (Å²) in [5, 5.41) is 0. The molecule has 0 spiro atoms. The number of fused-ring (bicyclic) bond motifs is 2. The molecule has 2 aliphatic heterocycles. The lowest BCUT2D eigenvalue weighted by atomic mass is 9.85. The van der Waals surface area contributed by atoms with E-state index >= 15 is 8.63 Å². The molecule has 2 aliphatic rings. The van der Waals surface area contributed by atoms with E-state index in [9.17, 15) is 4.79 Å². The van der Waals surface area contributed by atoms with Gasteiger partial charge in [0, 0.05) is 36.3 Å². The maximum Gasteiger partial charge on any atom is 0.737 e. The van der Waals surface area contributed by atoms with Crippen LogP contribution in [0.15, 0.2) is 23.4 Å². The highest BCUT2D eigenvalue weighted by molar-refractivity contribution is 6.58. The molecule has 0 saturated carbocycles. The van der Waals surface area contributed by atoms with Crippen LogP contribution in [0.2, 0.25) is 0 Å². The highest BCUT2D eigenvalue weighted by Gasteiger charge is 2.54. The molecule has 0 fully saturated rings. The average Bonchev–Trinajstić information content (AvgIpc) is 2.96. The highest BCUT2D eigenvalue weighted by atomic mass is 19.2. The molecule has 1 aromatic rings. The third-order valence-corrected chi connectivity index (χ3v) is 4.84. The average molecular weight is 334 g/mol. The third-order valence-electron chi connectivity index (χ3n) is 4.84. The minimum atomic E-state index is -3.94. The molecule has 7 heteroatoms. The van der Waals surface area contributed by atoms with Gasteiger partial charge in [-0.05, 0) is 44.5 Å². The van der Waals surface area contributed by atoms with Gasteiger partial charge >= 0.3 is 12.9 Å². The Balaban J connectivity index is 2.27. The van der Waals surface area contributed by atoms with Crippen LogP contribution in [-0.2, 0) is 9.53 Å². The number of halogens is 2. The minimum absolute atomic E-state index is 0.164. The number of hydrogen-bond acceptors (Lipinski definition) is 2. The summed E-state index contributed by atoms with van der Waals surface area (Å²) in [4.78, 5) is 11.6. The van der Waals surface area contributed by atoms with E-state index in [0.29, 0.717) is 29.2 Å². The van der Waals surface area contributed by atoms with Gasteiger partial charge in [0.05, 0.1) is 7.11 Å². The second-order valence-electron chi connectivity index (χ2n) is 6.52. The zero-order valence-electron chi connectivity index (χ0n) is 14.6. The van der Waals surface area contributed by atoms with Gasteiger partial charge in [-0.2, -0.15) is 0 Å². The Morgan fingerprint density at radius 3 is 2.58 bits per heavy atom. The van der Waals surface area contributed by atoms with Crippen molar-refractivity contribution >= 4 is 24.2 Å². The first kappa shape index (κ1) is 16.7. The summed E-state index contributed by atoms with van der Waals surface area (Å²) in [6.45, 7) is 3.12. The Kier molecular flexibility index (Phi) is 3.77. The number of rotatable bonds is 3. The lowest BCUT2D eigenvalue weighted by Gasteiger charge is -2.33. The molecule has 0 radical (unpaired) electrons. The number of hydrogen-bond donors (Lipinski definition) is 0. The van der Waals surface area contributed by atoms with Crippen LogP contribution >= 0.6 is 0 Å². The predicted molar refractivity (Wildman–Crippen MR) is 90.1 cm³/mol. The molecule has 1 aromatic heterocycles. The lowest BCUT2D eigenvalue weighted by Crippen LogP contribution is -2.51. The van der Waals surface area contributed by atoms with Crippen molar-refractivity contribution in [3.05, 3.63) is 40.4 Å². The van der Waals surface area contributed by atoms with Crippen molar-refractivity contribution in [1.29, 1.82) is 0 Å². The summed E-state index contributed by atoms with van der Waals surface area (Å²) < 4.78 is 37.5. The van der Waals surface area contributed by atoms with E-state index < -0.39 is 6.97 Å². The second kappa shape index (κ2) is 5.43. The van der Waals surface area contributed by atoms with Gasteiger partial charge in [-0.15, -0.1) is 0 Å². The number of carbonyl (C=O) groups is 1. The summed E-state index contributed by atoms with van der Waals surface area (Å²) in [7, 11) is 1.33. The summed E-state index contributed by atoms with van der Waals surface area (Å²) in [6.07, 6.45) is 2.31. The zero-order chi connectivity index (χ0) is 17.8. The molecule has 0 aromatic carbocycles. The fraction of sp³-hybridized carbons (Fsp3) is 0.412. The molecule has 3 rings (SSSR count). The minimum Gasteiger partial charge on any atom is -0.469 e. The number of allylic oxidation sites excluding steroid dienone is 3. The van der Waals surface area contributed by atoms with Crippen molar-refractivity contribution < 1.29 is 22.6 Å². The van der Waals surface area contributed by atoms with Gasteiger partial charge in [-0.1, -0.05) is 0 Å². The molecule has 0 amide bonds. The second-order valence-corrected chi connectivity index (χ2v) is 6.52. The maximum absolute atomic E-state index is 15.3. The third kappa shape index (κ3) is 2.18. The van der Waals surface area contributed by atoms with E-state index in [-0.39, 0.29) is 12.4 Å². The molecule has 0 bridgehead atoms. The van der Waals surface area contributed by atoms with Crippen molar-refractivity contribution in [2.24, 2.45) is 0 Å². The molecule has 0 atom stereocenters. The summed E-state index contributed by atoms with van der Waals surface area (Å²) in [5.74, 6) is -0.342. The molecule has 0 unspecified atom stereocenters. The number of esters is 1. The van der Waals surface area contributed by atoms with Gasteiger partial charge in [0.25, 0.3) is 0 Å². The Hall–Kier alpha value is -2.18. The van der Waals surface area contributed by atoms with Crippen molar-refractivity contribution in [3.63, 3.8) is 0 Å². The molecule has 24 heavy (non-hydrogen) atoms. The van der Waals surface area contributed by atoms with Gasteiger partial charge < -0.3 is 22.3 Å². The molecular weight excluding hydrogens is 313 g/mol. The van der Waals surface area contributed by atoms with Gasteiger partial charge in [0.1, 0.15) is 5.71 Å². The van der Waals surface area contributed by atoms with E-state index in [1.165, 1.54) is 7.11 Å². The van der Waals surface area contributed by atoms with Gasteiger partial charge in [0.2, 0.25) is 0 Å². The van der Waals surface area contributed by atoms with E-state index in [0.717, 1.165) is 25.7 Å². The summed E-state index contributed by atoms with van der Waals surface area (Å²) >= 11 is 0. The van der Waals surface area contributed by atoms with Crippen molar-refractivity contribution in [3.8, 4) is 0 Å². The van der Waals surface area contributed by atoms with Crippen LogP contribution in [0, 0.1) is 13.8 Å².